The molecule has 0 bridgehead atoms. The number of carbonyl (C=O) groups is 1. The van der Waals surface area contributed by atoms with Crippen LogP contribution in [0.4, 0.5) is 0 Å². The van der Waals surface area contributed by atoms with Crippen LogP contribution in [0, 0.1) is 0 Å². The lowest BCUT2D eigenvalue weighted by Crippen LogP contribution is -2.52. The molecule has 0 aliphatic heterocycles. The summed E-state index contributed by atoms with van der Waals surface area (Å²) in [4.78, 5) is 12.4. The monoisotopic (exact) mass is 401 g/mol. The second-order valence-corrected chi connectivity index (χ2v) is 7.52. The van der Waals surface area contributed by atoms with Crippen molar-refractivity contribution >= 4 is 34.8 Å². The third-order valence-electron chi connectivity index (χ3n) is 3.09. The van der Waals surface area contributed by atoms with Crippen molar-refractivity contribution in [3.8, 4) is 11.5 Å². The smallest absolute Gasteiger partial charge is 0.269 e. The van der Waals surface area contributed by atoms with Crippen LogP contribution in [0.1, 0.15) is 57.8 Å². The molecule has 0 fully saturated rings. The van der Waals surface area contributed by atoms with Gasteiger partial charge in [0, 0.05) is 11.1 Å². The van der Waals surface area contributed by atoms with E-state index in [9.17, 15) is 4.79 Å². The number of amides is 1. The lowest BCUT2D eigenvalue weighted by Gasteiger charge is -2.23. The van der Waals surface area contributed by atoms with Crippen molar-refractivity contribution in [3.05, 3.63) is 22.7 Å². The molecule has 3 N–H and O–H groups in total. The highest BCUT2D eigenvalue weighted by Crippen LogP contribution is 2.36. The molecule has 0 radical (unpaired) electrons. The molecule has 26 heavy (non-hydrogen) atoms. The van der Waals surface area contributed by atoms with Gasteiger partial charge >= 0.3 is 0 Å². The van der Waals surface area contributed by atoms with Crippen LogP contribution in [0.5, 0.6) is 11.5 Å². The average Bonchev–Trinajstić information content (AvgIpc) is 2.53. The Bertz CT molecular complexity index is 633. The topological polar surface area (TPSA) is 71.6 Å². The van der Waals surface area contributed by atoms with Gasteiger partial charge in [-0.25, -0.2) is 0 Å². The molecule has 0 saturated carbocycles. The third-order valence-corrected chi connectivity index (χ3v) is 3.58. The summed E-state index contributed by atoms with van der Waals surface area (Å²) < 4.78 is 11.3. The summed E-state index contributed by atoms with van der Waals surface area (Å²) in [5.74, 6) is 0.513. The molecule has 0 atom stereocenters. The molecule has 0 saturated heterocycles. The first-order chi connectivity index (χ1) is 12.2. The number of hydrogen-bond acceptors (Lipinski definition) is 4. The van der Waals surface area contributed by atoms with E-state index in [1.54, 1.807) is 12.1 Å². The van der Waals surface area contributed by atoms with Crippen LogP contribution in [0.2, 0.25) is 5.02 Å². The van der Waals surface area contributed by atoms with Gasteiger partial charge in [0.15, 0.2) is 16.6 Å². The minimum atomic E-state index is -0.383. The van der Waals surface area contributed by atoms with Crippen molar-refractivity contribution in [2.45, 2.75) is 53.0 Å². The third kappa shape index (κ3) is 7.66. The predicted octanol–water partition coefficient (Wildman–Crippen LogP) is 3.83. The Morgan fingerprint density at radius 1 is 1.19 bits per heavy atom. The predicted molar refractivity (Wildman–Crippen MR) is 109 cm³/mol. The van der Waals surface area contributed by atoms with Gasteiger partial charge in [-0.05, 0) is 58.5 Å². The van der Waals surface area contributed by atoms with E-state index in [2.05, 4.69) is 23.1 Å². The second-order valence-electron chi connectivity index (χ2n) is 6.70. The summed E-state index contributed by atoms with van der Waals surface area (Å²) in [7, 11) is 0. The SMILES string of the molecule is CCCCOc1c(Cl)cc(C(=O)NNC(=S)NC(C)(C)C)cc1OCC. The van der Waals surface area contributed by atoms with E-state index in [4.69, 9.17) is 33.3 Å². The van der Waals surface area contributed by atoms with Crippen LogP contribution in [0.15, 0.2) is 12.1 Å². The number of hydrazine groups is 1. The van der Waals surface area contributed by atoms with Crippen LogP contribution >= 0.6 is 23.8 Å². The molecule has 8 heteroatoms. The largest absolute Gasteiger partial charge is 0.490 e. The Hall–Kier alpha value is -1.73. The van der Waals surface area contributed by atoms with Gasteiger partial charge in [0.25, 0.3) is 5.91 Å². The van der Waals surface area contributed by atoms with Crippen molar-refractivity contribution in [2.24, 2.45) is 0 Å². The van der Waals surface area contributed by atoms with Gasteiger partial charge in [-0.15, -0.1) is 0 Å². The number of carbonyl (C=O) groups excluding carboxylic acids is 1. The van der Waals surface area contributed by atoms with E-state index in [-0.39, 0.29) is 11.4 Å². The van der Waals surface area contributed by atoms with Gasteiger partial charge in [0.05, 0.1) is 18.2 Å². The summed E-state index contributed by atoms with van der Waals surface area (Å²) in [6, 6.07) is 3.15. The highest BCUT2D eigenvalue weighted by molar-refractivity contribution is 7.80. The number of rotatable bonds is 7. The van der Waals surface area contributed by atoms with E-state index in [0.29, 0.717) is 40.4 Å². The number of unbranched alkanes of at least 4 members (excludes halogenated alkanes) is 1. The molecular weight excluding hydrogens is 374 g/mol. The Balaban J connectivity index is 2.85. The van der Waals surface area contributed by atoms with Crippen molar-refractivity contribution < 1.29 is 14.3 Å². The molecule has 1 aromatic rings. The Morgan fingerprint density at radius 2 is 1.88 bits per heavy atom. The zero-order valence-corrected chi connectivity index (χ0v) is 17.6. The fourth-order valence-electron chi connectivity index (χ4n) is 1.98. The van der Waals surface area contributed by atoms with Gasteiger partial charge < -0.3 is 14.8 Å². The normalized spacial score (nSPS) is 10.8. The number of ether oxygens (including phenoxy) is 2. The number of benzene rings is 1. The van der Waals surface area contributed by atoms with E-state index in [1.807, 2.05) is 27.7 Å². The molecule has 146 valence electrons. The van der Waals surface area contributed by atoms with Crippen LogP contribution in [0.25, 0.3) is 0 Å². The van der Waals surface area contributed by atoms with E-state index < -0.39 is 0 Å². The van der Waals surface area contributed by atoms with Crippen molar-refractivity contribution in [3.63, 3.8) is 0 Å². The molecule has 1 amide bonds. The molecular formula is C18H28ClN3O3S. The van der Waals surface area contributed by atoms with Gasteiger partial charge in [-0.2, -0.15) is 0 Å². The van der Waals surface area contributed by atoms with Gasteiger partial charge in [-0.1, -0.05) is 24.9 Å². The first-order valence-corrected chi connectivity index (χ1v) is 9.44. The second kappa shape index (κ2) is 10.4. The first kappa shape index (κ1) is 22.3. The zero-order chi connectivity index (χ0) is 19.7. The quantitative estimate of drug-likeness (QED) is 0.366. The molecule has 6 nitrogen and oxygen atoms in total. The lowest BCUT2D eigenvalue weighted by atomic mass is 10.1. The van der Waals surface area contributed by atoms with E-state index >= 15 is 0 Å². The maximum atomic E-state index is 12.4. The highest BCUT2D eigenvalue weighted by Gasteiger charge is 2.17. The lowest BCUT2D eigenvalue weighted by molar-refractivity contribution is 0.0942. The number of hydrogen-bond donors (Lipinski definition) is 3. The van der Waals surface area contributed by atoms with Gasteiger partial charge in [0.1, 0.15) is 0 Å². The standard InChI is InChI=1S/C18H28ClN3O3S/c1-6-8-9-25-15-13(19)10-12(11-14(15)24-7-2)16(23)21-22-17(26)20-18(3,4)5/h10-11H,6-9H2,1-5H3,(H,21,23)(H2,20,22,26). The molecule has 0 aromatic heterocycles. The number of halogens is 1. The Morgan fingerprint density at radius 3 is 2.46 bits per heavy atom. The summed E-state index contributed by atoms with van der Waals surface area (Å²) >= 11 is 11.4. The molecule has 0 unspecified atom stereocenters. The van der Waals surface area contributed by atoms with Crippen LogP contribution in [0.3, 0.4) is 0 Å². The van der Waals surface area contributed by atoms with Crippen molar-refractivity contribution in [1.82, 2.24) is 16.2 Å². The van der Waals surface area contributed by atoms with Crippen LogP contribution in [-0.4, -0.2) is 29.8 Å². The molecule has 1 rings (SSSR count). The Labute approximate surface area is 165 Å². The molecule has 1 aromatic carbocycles. The maximum absolute atomic E-state index is 12.4. The molecule has 0 aliphatic carbocycles. The fraction of sp³-hybridized carbons (Fsp3) is 0.556. The van der Waals surface area contributed by atoms with Crippen LogP contribution < -0.4 is 25.6 Å². The Kier molecular flexibility index (Phi) is 8.95. The van der Waals surface area contributed by atoms with Gasteiger partial charge in [-0.3, -0.25) is 15.6 Å². The molecule has 0 spiro atoms. The maximum Gasteiger partial charge on any atom is 0.269 e. The van der Waals surface area contributed by atoms with Crippen molar-refractivity contribution in [2.75, 3.05) is 13.2 Å². The van der Waals surface area contributed by atoms with Crippen LogP contribution in [-0.2, 0) is 0 Å². The summed E-state index contributed by atoms with van der Waals surface area (Å²) in [6.45, 7) is 10.8. The average molecular weight is 402 g/mol. The van der Waals surface area contributed by atoms with Gasteiger partial charge in [0.2, 0.25) is 0 Å². The first-order valence-electron chi connectivity index (χ1n) is 8.65. The summed E-state index contributed by atoms with van der Waals surface area (Å²) in [6.07, 6.45) is 1.92. The minimum Gasteiger partial charge on any atom is -0.490 e. The number of thiocarbonyl (C=S) groups is 1. The van der Waals surface area contributed by atoms with E-state index in [1.165, 1.54) is 0 Å². The highest BCUT2D eigenvalue weighted by atomic mass is 35.5. The molecule has 0 aliphatic rings. The number of nitrogens with one attached hydrogen (secondary N) is 3. The minimum absolute atomic E-state index is 0.211. The van der Waals surface area contributed by atoms with E-state index in [0.717, 1.165) is 12.8 Å². The zero-order valence-electron chi connectivity index (χ0n) is 16.0. The fourth-order valence-corrected chi connectivity index (χ4v) is 2.60. The molecule has 0 heterocycles. The summed E-state index contributed by atoms with van der Waals surface area (Å²) in [5, 5.41) is 3.69. The summed E-state index contributed by atoms with van der Waals surface area (Å²) in [5.41, 5.74) is 5.34. The van der Waals surface area contributed by atoms with Crippen molar-refractivity contribution in [1.29, 1.82) is 0 Å².